The van der Waals surface area contributed by atoms with Gasteiger partial charge in [0.25, 0.3) is 0 Å². The third-order valence-electron chi connectivity index (χ3n) is 2.08. The number of aromatic hydroxyl groups is 1. The fraction of sp³-hybridized carbons (Fsp3) is 0.364. The Morgan fingerprint density at radius 3 is 2.75 bits per heavy atom. The number of rotatable bonds is 5. The molecule has 1 aromatic carbocycles. The molecule has 5 heteroatoms. The first-order chi connectivity index (χ1) is 7.54. The maximum atomic E-state index is 10.9. The number of ether oxygens (including phenoxy) is 1. The van der Waals surface area contributed by atoms with Gasteiger partial charge in [-0.05, 0) is 47.2 Å². The van der Waals surface area contributed by atoms with Crippen LogP contribution in [-0.4, -0.2) is 28.9 Å². The predicted octanol–water partition coefficient (Wildman–Crippen LogP) is 2.03. The Bertz CT molecular complexity index is 378. The molecule has 0 heterocycles. The molecule has 0 fully saturated rings. The SMILES string of the molecule is CCOC(Cc1ccc(O)c(I)c1)C(=O)O. The minimum atomic E-state index is -0.968. The molecule has 4 nitrogen and oxygen atoms in total. The van der Waals surface area contributed by atoms with Crippen molar-refractivity contribution in [3.8, 4) is 5.75 Å². The fourth-order valence-electron chi connectivity index (χ4n) is 1.31. The highest BCUT2D eigenvalue weighted by Gasteiger charge is 2.18. The molecule has 0 aliphatic carbocycles. The number of carbonyl (C=O) groups is 1. The molecular formula is C11H13IO4. The van der Waals surface area contributed by atoms with Crippen LogP contribution in [-0.2, 0) is 16.0 Å². The van der Waals surface area contributed by atoms with E-state index < -0.39 is 12.1 Å². The average molecular weight is 336 g/mol. The Morgan fingerprint density at radius 2 is 2.25 bits per heavy atom. The molecule has 0 radical (unpaired) electrons. The second-order valence-electron chi connectivity index (χ2n) is 3.27. The van der Waals surface area contributed by atoms with Crippen molar-refractivity contribution in [1.82, 2.24) is 0 Å². The lowest BCUT2D eigenvalue weighted by Crippen LogP contribution is -2.26. The standard InChI is InChI=1S/C11H13IO4/c1-2-16-10(11(14)15)6-7-3-4-9(13)8(12)5-7/h3-5,10,13H,2,6H2,1H3,(H,14,15). The van der Waals surface area contributed by atoms with E-state index in [-0.39, 0.29) is 5.75 Å². The number of hydrogen-bond donors (Lipinski definition) is 2. The minimum absolute atomic E-state index is 0.202. The number of aliphatic carboxylic acids is 1. The van der Waals surface area contributed by atoms with Crippen LogP contribution < -0.4 is 0 Å². The maximum absolute atomic E-state index is 10.9. The summed E-state index contributed by atoms with van der Waals surface area (Å²) in [5.74, 6) is -0.766. The number of halogens is 1. The molecule has 0 saturated carbocycles. The molecule has 1 atom stereocenters. The zero-order valence-corrected chi connectivity index (χ0v) is 11.0. The Kier molecular flexibility index (Phi) is 5.01. The van der Waals surface area contributed by atoms with Crippen LogP contribution >= 0.6 is 22.6 Å². The van der Waals surface area contributed by atoms with E-state index in [9.17, 15) is 9.90 Å². The molecule has 0 aromatic heterocycles. The number of hydrogen-bond acceptors (Lipinski definition) is 3. The lowest BCUT2D eigenvalue weighted by atomic mass is 10.1. The summed E-state index contributed by atoms with van der Waals surface area (Å²) in [6.45, 7) is 2.13. The normalized spacial score (nSPS) is 12.4. The van der Waals surface area contributed by atoms with Crippen molar-refractivity contribution in [2.45, 2.75) is 19.4 Å². The van der Waals surface area contributed by atoms with Gasteiger partial charge in [-0.25, -0.2) is 4.79 Å². The second-order valence-corrected chi connectivity index (χ2v) is 4.43. The molecule has 2 N–H and O–H groups in total. The quantitative estimate of drug-likeness (QED) is 0.808. The summed E-state index contributed by atoms with van der Waals surface area (Å²) in [6, 6.07) is 5.01. The number of carboxylic acid groups (broad SMARTS) is 1. The van der Waals surface area contributed by atoms with Crippen LogP contribution in [0, 0.1) is 3.57 Å². The summed E-state index contributed by atoms with van der Waals surface area (Å²) >= 11 is 2.00. The fourth-order valence-corrected chi connectivity index (χ4v) is 1.89. The second kappa shape index (κ2) is 6.05. The third kappa shape index (κ3) is 3.64. The van der Waals surface area contributed by atoms with Crippen LogP contribution in [0.15, 0.2) is 18.2 Å². The van der Waals surface area contributed by atoms with Crippen LogP contribution in [0.2, 0.25) is 0 Å². The highest BCUT2D eigenvalue weighted by atomic mass is 127. The van der Waals surface area contributed by atoms with Gasteiger partial charge in [-0.1, -0.05) is 6.07 Å². The number of phenols is 1. The molecule has 0 spiro atoms. The van der Waals surface area contributed by atoms with Gasteiger partial charge in [0.05, 0.1) is 3.57 Å². The zero-order valence-electron chi connectivity index (χ0n) is 8.81. The van der Waals surface area contributed by atoms with Crippen molar-refractivity contribution in [2.75, 3.05) is 6.61 Å². The van der Waals surface area contributed by atoms with Gasteiger partial charge >= 0.3 is 5.97 Å². The monoisotopic (exact) mass is 336 g/mol. The van der Waals surface area contributed by atoms with E-state index in [1.807, 2.05) is 22.6 Å². The first-order valence-electron chi connectivity index (χ1n) is 4.86. The number of benzene rings is 1. The summed E-state index contributed by atoms with van der Waals surface area (Å²) in [5.41, 5.74) is 0.836. The van der Waals surface area contributed by atoms with Gasteiger partial charge in [0.2, 0.25) is 0 Å². The Hall–Kier alpha value is -0.820. The van der Waals surface area contributed by atoms with Crippen molar-refractivity contribution in [3.63, 3.8) is 0 Å². The van der Waals surface area contributed by atoms with Crippen molar-refractivity contribution in [2.24, 2.45) is 0 Å². The van der Waals surface area contributed by atoms with Crippen LogP contribution in [0.3, 0.4) is 0 Å². The van der Waals surface area contributed by atoms with Crippen LogP contribution in [0.5, 0.6) is 5.75 Å². The molecule has 1 aromatic rings. The van der Waals surface area contributed by atoms with E-state index >= 15 is 0 Å². The van der Waals surface area contributed by atoms with Gasteiger partial charge in [-0.2, -0.15) is 0 Å². The molecule has 0 amide bonds. The topological polar surface area (TPSA) is 66.8 Å². The lowest BCUT2D eigenvalue weighted by Gasteiger charge is -2.12. The molecule has 1 rings (SSSR count). The van der Waals surface area contributed by atoms with Crippen LogP contribution in [0.4, 0.5) is 0 Å². The molecule has 0 aliphatic rings. The Labute approximate surface area is 107 Å². The van der Waals surface area contributed by atoms with Crippen molar-refractivity contribution in [1.29, 1.82) is 0 Å². The molecule has 0 bridgehead atoms. The minimum Gasteiger partial charge on any atom is -0.507 e. The maximum Gasteiger partial charge on any atom is 0.333 e. The van der Waals surface area contributed by atoms with E-state index in [4.69, 9.17) is 9.84 Å². The Morgan fingerprint density at radius 1 is 1.56 bits per heavy atom. The predicted molar refractivity (Wildman–Crippen MR) is 67.6 cm³/mol. The van der Waals surface area contributed by atoms with Gasteiger partial charge in [-0.15, -0.1) is 0 Å². The molecule has 0 aliphatic heterocycles. The first kappa shape index (κ1) is 13.2. The van der Waals surface area contributed by atoms with E-state index in [1.54, 1.807) is 25.1 Å². The summed E-state index contributed by atoms with van der Waals surface area (Å²) < 4.78 is 5.82. The van der Waals surface area contributed by atoms with E-state index in [1.165, 1.54) is 0 Å². The highest BCUT2D eigenvalue weighted by Crippen LogP contribution is 2.21. The average Bonchev–Trinajstić information content (AvgIpc) is 2.22. The van der Waals surface area contributed by atoms with Gasteiger partial charge in [0.15, 0.2) is 6.10 Å². The van der Waals surface area contributed by atoms with Crippen LogP contribution in [0.25, 0.3) is 0 Å². The van der Waals surface area contributed by atoms with Gasteiger partial charge in [0.1, 0.15) is 5.75 Å². The molecule has 0 saturated heterocycles. The van der Waals surface area contributed by atoms with Crippen molar-refractivity contribution in [3.05, 3.63) is 27.3 Å². The van der Waals surface area contributed by atoms with Crippen molar-refractivity contribution >= 4 is 28.6 Å². The van der Waals surface area contributed by atoms with Gasteiger partial charge in [-0.3, -0.25) is 0 Å². The number of phenolic OH excluding ortho intramolecular Hbond substituents is 1. The molecular weight excluding hydrogens is 323 g/mol. The summed E-state index contributed by atoms with van der Waals surface area (Å²) in [7, 11) is 0. The van der Waals surface area contributed by atoms with E-state index in [2.05, 4.69) is 0 Å². The van der Waals surface area contributed by atoms with E-state index in [0.717, 1.165) is 5.56 Å². The number of carboxylic acids is 1. The largest absolute Gasteiger partial charge is 0.507 e. The van der Waals surface area contributed by atoms with Crippen molar-refractivity contribution < 1.29 is 19.7 Å². The molecule has 16 heavy (non-hydrogen) atoms. The summed E-state index contributed by atoms with van der Waals surface area (Å²) in [5, 5.41) is 18.2. The van der Waals surface area contributed by atoms with E-state index in [0.29, 0.717) is 16.6 Å². The Balaban J connectivity index is 2.77. The zero-order chi connectivity index (χ0) is 12.1. The smallest absolute Gasteiger partial charge is 0.333 e. The highest BCUT2D eigenvalue weighted by molar-refractivity contribution is 14.1. The summed E-state index contributed by atoms with van der Waals surface area (Å²) in [4.78, 5) is 10.9. The first-order valence-corrected chi connectivity index (χ1v) is 5.94. The lowest BCUT2D eigenvalue weighted by molar-refractivity contribution is -0.149. The third-order valence-corrected chi connectivity index (χ3v) is 2.94. The van der Waals surface area contributed by atoms with Gasteiger partial charge in [0, 0.05) is 13.0 Å². The van der Waals surface area contributed by atoms with Gasteiger partial charge < -0.3 is 14.9 Å². The molecule has 1 unspecified atom stereocenters. The molecule has 88 valence electrons. The summed E-state index contributed by atoms with van der Waals surface area (Å²) in [6.07, 6.45) is -0.523. The van der Waals surface area contributed by atoms with Crippen LogP contribution in [0.1, 0.15) is 12.5 Å².